The zero-order valence-electron chi connectivity index (χ0n) is 9.25. The molecule has 1 atom stereocenters. The van der Waals surface area contributed by atoms with Gasteiger partial charge in [0, 0.05) is 30.9 Å². The molecular formula is C10H16N4O2. The third-order valence-corrected chi connectivity index (χ3v) is 2.61. The number of H-pyrrole nitrogens is 1. The average Bonchev–Trinajstić information content (AvgIpc) is 2.73. The van der Waals surface area contributed by atoms with Crippen molar-refractivity contribution in [2.45, 2.75) is 19.6 Å². The van der Waals surface area contributed by atoms with Crippen LogP contribution in [-0.2, 0) is 16.1 Å². The van der Waals surface area contributed by atoms with Crippen molar-refractivity contribution in [3.05, 3.63) is 17.5 Å². The van der Waals surface area contributed by atoms with Gasteiger partial charge in [0.2, 0.25) is 0 Å². The van der Waals surface area contributed by atoms with E-state index in [0.29, 0.717) is 19.7 Å². The lowest BCUT2D eigenvalue weighted by molar-refractivity contribution is -0.134. The largest absolute Gasteiger partial charge is 0.366 e. The van der Waals surface area contributed by atoms with Crippen molar-refractivity contribution in [1.29, 1.82) is 0 Å². The monoisotopic (exact) mass is 224 g/mol. The van der Waals surface area contributed by atoms with Crippen molar-refractivity contribution < 1.29 is 9.53 Å². The Balaban J connectivity index is 1.81. The SMILES string of the molecule is Cc1[nH]ncc1CNC(=O)C1CNCCO1. The molecule has 1 aromatic rings. The van der Waals surface area contributed by atoms with Crippen LogP contribution in [0.1, 0.15) is 11.3 Å². The second-order valence-corrected chi connectivity index (χ2v) is 3.80. The number of carbonyl (C=O) groups is 1. The summed E-state index contributed by atoms with van der Waals surface area (Å²) in [7, 11) is 0. The predicted molar refractivity (Wildman–Crippen MR) is 57.8 cm³/mol. The summed E-state index contributed by atoms with van der Waals surface area (Å²) in [6.45, 7) is 4.39. The number of hydrogen-bond acceptors (Lipinski definition) is 4. The number of rotatable bonds is 3. The maximum absolute atomic E-state index is 11.7. The van der Waals surface area contributed by atoms with E-state index in [1.807, 2.05) is 6.92 Å². The van der Waals surface area contributed by atoms with Crippen LogP contribution in [0.2, 0.25) is 0 Å². The zero-order valence-corrected chi connectivity index (χ0v) is 9.25. The van der Waals surface area contributed by atoms with Gasteiger partial charge in [0.15, 0.2) is 0 Å². The maximum atomic E-state index is 11.7. The molecule has 0 spiro atoms. The first-order valence-electron chi connectivity index (χ1n) is 5.36. The van der Waals surface area contributed by atoms with E-state index < -0.39 is 0 Å². The van der Waals surface area contributed by atoms with Crippen molar-refractivity contribution in [1.82, 2.24) is 20.8 Å². The molecule has 2 heterocycles. The van der Waals surface area contributed by atoms with Crippen molar-refractivity contribution in [3.8, 4) is 0 Å². The van der Waals surface area contributed by atoms with Crippen molar-refractivity contribution >= 4 is 5.91 Å². The van der Waals surface area contributed by atoms with Gasteiger partial charge in [0.05, 0.1) is 12.8 Å². The lowest BCUT2D eigenvalue weighted by atomic mass is 10.2. The molecule has 1 fully saturated rings. The highest BCUT2D eigenvalue weighted by Gasteiger charge is 2.21. The van der Waals surface area contributed by atoms with E-state index in [1.54, 1.807) is 6.20 Å². The standard InChI is InChI=1S/C10H16N4O2/c1-7-8(5-13-14-7)4-12-10(15)9-6-11-2-3-16-9/h5,9,11H,2-4,6H2,1H3,(H,12,15)(H,13,14). The molecule has 0 aliphatic carbocycles. The smallest absolute Gasteiger partial charge is 0.250 e. The van der Waals surface area contributed by atoms with Crippen LogP contribution in [0.25, 0.3) is 0 Å². The van der Waals surface area contributed by atoms with Crippen LogP contribution in [0.5, 0.6) is 0 Å². The fourth-order valence-electron chi connectivity index (χ4n) is 1.58. The van der Waals surface area contributed by atoms with Crippen LogP contribution in [-0.4, -0.2) is 41.9 Å². The van der Waals surface area contributed by atoms with Gasteiger partial charge < -0.3 is 15.4 Å². The Labute approximate surface area is 93.8 Å². The Morgan fingerprint density at radius 3 is 3.25 bits per heavy atom. The van der Waals surface area contributed by atoms with Crippen LogP contribution < -0.4 is 10.6 Å². The summed E-state index contributed by atoms with van der Waals surface area (Å²) in [5, 5.41) is 12.7. The summed E-state index contributed by atoms with van der Waals surface area (Å²) in [6.07, 6.45) is 1.34. The molecule has 0 radical (unpaired) electrons. The molecule has 88 valence electrons. The molecule has 0 aromatic carbocycles. The first-order valence-corrected chi connectivity index (χ1v) is 5.36. The summed E-state index contributed by atoms with van der Waals surface area (Å²) in [6, 6.07) is 0. The average molecular weight is 224 g/mol. The molecule has 1 saturated heterocycles. The summed E-state index contributed by atoms with van der Waals surface area (Å²) in [5.74, 6) is -0.0761. The number of carbonyl (C=O) groups excluding carboxylic acids is 1. The summed E-state index contributed by atoms with van der Waals surface area (Å²) in [4.78, 5) is 11.7. The van der Waals surface area contributed by atoms with Gasteiger partial charge in [-0.1, -0.05) is 0 Å². The Morgan fingerprint density at radius 2 is 2.62 bits per heavy atom. The molecule has 6 heteroatoms. The number of amides is 1. The number of aromatic nitrogens is 2. The van der Waals surface area contributed by atoms with Crippen molar-refractivity contribution in [2.24, 2.45) is 0 Å². The zero-order chi connectivity index (χ0) is 11.4. The minimum atomic E-state index is -0.374. The number of hydrogen-bond donors (Lipinski definition) is 3. The first-order chi connectivity index (χ1) is 7.77. The van der Waals surface area contributed by atoms with Gasteiger partial charge in [-0.3, -0.25) is 9.89 Å². The van der Waals surface area contributed by atoms with Crippen LogP contribution in [0.15, 0.2) is 6.20 Å². The van der Waals surface area contributed by atoms with Gasteiger partial charge in [0.1, 0.15) is 6.10 Å². The highest BCUT2D eigenvalue weighted by Crippen LogP contribution is 2.02. The van der Waals surface area contributed by atoms with Gasteiger partial charge in [-0.05, 0) is 6.92 Å². The summed E-state index contributed by atoms with van der Waals surface area (Å²) >= 11 is 0. The topological polar surface area (TPSA) is 79.0 Å². The molecule has 2 rings (SSSR count). The molecule has 1 aromatic heterocycles. The number of ether oxygens (including phenoxy) is 1. The normalized spacial score (nSPS) is 20.7. The number of morpholine rings is 1. The number of nitrogens with one attached hydrogen (secondary N) is 3. The Bertz CT molecular complexity index is 357. The number of aromatic amines is 1. The van der Waals surface area contributed by atoms with E-state index in [9.17, 15) is 4.79 Å². The van der Waals surface area contributed by atoms with Gasteiger partial charge in [-0.25, -0.2) is 0 Å². The van der Waals surface area contributed by atoms with E-state index in [4.69, 9.17) is 4.74 Å². The Hall–Kier alpha value is -1.40. The summed E-state index contributed by atoms with van der Waals surface area (Å²) in [5.41, 5.74) is 1.97. The minimum Gasteiger partial charge on any atom is -0.366 e. The fourth-order valence-corrected chi connectivity index (χ4v) is 1.58. The molecular weight excluding hydrogens is 208 g/mol. The van der Waals surface area contributed by atoms with E-state index in [1.165, 1.54) is 0 Å². The first kappa shape index (κ1) is 11.1. The van der Waals surface area contributed by atoms with Gasteiger partial charge in [-0.15, -0.1) is 0 Å². The molecule has 1 aliphatic rings. The molecule has 0 saturated carbocycles. The molecule has 1 aliphatic heterocycles. The second kappa shape index (κ2) is 5.09. The highest BCUT2D eigenvalue weighted by atomic mass is 16.5. The highest BCUT2D eigenvalue weighted by molar-refractivity contribution is 5.81. The summed E-state index contributed by atoms with van der Waals surface area (Å²) < 4.78 is 5.34. The Kier molecular flexibility index (Phi) is 3.53. The molecule has 0 bridgehead atoms. The maximum Gasteiger partial charge on any atom is 0.250 e. The van der Waals surface area contributed by atoms with Crippen LogP contribution in [0, 0.1) is 6.92 Å². The molecule has 1 unspecified atom stereocenters. The number of nitrogens with zero attached hydrogens (tertiary/aromatic N) is 1. The lowest BCUT2D eigenvalue weighted by Crippen LogP contribution is -2.47. The van der Waals surface area contributed by atoms with Crippen LogP contribution >= 0.6 is 0 Å². The van der Waals surface area contributed by atoms with Crippen LogP contribution in [0.3, 0.4) is 0 Å². The Morgan fingerprint density at radius 1 is 1.75 bits per heavy atom. The molecule has 6 nitrogen and oxygen atoms in total. The van der Waals surface area contributed by atoms with E-state index >= 15 is 0 Å². The third kappa shape index (κ3) is 2.59. The van der Waals surface area contributed by atoms with Gasteiger partial charge >= 0.3 is 0 Å². The second-order valence-electron chi connectivity index (χ2n) is 3.80. The van der Waals surface area contributed by atoms with E-state index in [2.05, 4.69) is 20.8 Å². The molecule has 1 amide bonds. The van der Waals surface area contributed by atoms with Crippen LogP contribution in [0.4, 0.5) is 0 Å². The molecule has 16 heavy (non-hydrogen) atoms. The van der Waals surface area contributed by atoms with Gasteiger partial charge in [-0.2, -0.15) is 5.10 Å². The quantitative estimate of drug-likeness (QED) is 0.636. The van der Waals surface area contributed by atoms with Crippen molar-refractivity contribution in [3.63, 3.8) is 0 Å². The van der Waals surface area contributed by atoms with E-state index in [0.717, 1.165) is 17.8 Å². The lowest BCUT2D eigenvalue weighted by Gasteiger charge is -2.22. The van der Waals surface area contributed by atoms with Crippen molar-refractivity contribution in [2.75, 3.05) is 19.7 Å². The molecule has 3 N–H and O–H groups in total. The van der Waals surface area contributed by atoms with E-state index in [-0.39, 0.29) is 12.0 Å². The van der Waals surface area contributed by atoms with Gasteiger partial charge in [0.25, 0.3) is 5.91 Å². The number of aryl methyl sites for hydroxylation is 1. The minimum absolute atomic E-state index is 0.0761. The fraction of sp³-hybridized carbons (Fsp3) is 0.600. The third-order valence-electron chi connectivity index (χ3n) is 2.61. The predicted octanol–water partition coefficient (Wildman–Crippen LogP) is -0.677.